The molecule has 0 amide bonds. The predicted octanol–water partition coefficient (Wildman–Crippen LogP) is 4.49. The highest BCUT2D eigenvalue weighted by Crippen LogP contribution is 2.31. The number of benzene rings is 2. The fourth-order valence-corrected chi connectivity index (χ4v) is 1.86. The van der Waals surface area contributed by atoms with E-state index >= 15 is 0 Å². The zero-order chi connectivity index (χ0) is 13.9. The Morgan fingerprint density at radius 3 is 2.55 bits per heavy atom. The van der Waals surface area contributed by atoms with E-state index in [2.05, 4.69) is 15.2 Å². The Balaban J connectivity index is 2.08. The van der Waals surface area contributed by atoms with Gasteiger partial charge in [0.2, 0.25) is 0 Å². The summed E-state index contributed by atoms with van der Waals surface area (Å²) in [7, 11) is 0. The second kappa shape index (κ2) is 5.05. The van der Waals surface area contributed by atoms with Crippen molar-refractivity contribution in [2.75, 3.05) is 0 Å². The van der Waals surface area contributed by atoms with Crippen LogP contribution in [0.2, 0.25) is 0 Å². The third kappa shape index (κ3) is 2.21. The summed E-state index contributed by atoms with van der Waals surface area (Å²) in [6.07, 6.45) is 1.60. The summed E-state index contributed by atoms with van der Waals surface area (Å²) in [5, 5.41) is 18.2. The minimum Gasteiger partial charge on any atom is -0.507 e. The Kier molecular flexibility index (Phi) is 3.09. The summed E-state index contributed by atoms with van der Waals surface area (Å²) in [5.74, 6) is -0.315. The van der Waals surface area contributed by atoms with Crippen molar-refractivity contribution in [3.8, 4) is 5.75 Å². The zero-order valence-corrected chi connectivity index (χ0v) is 10.4. The maximum Gasteiger partial charge on any atom is 0.150 e. The van der Waals surface area contributed by atoms with Gasteiger partial charge >= 0.3 is 0 Å². The van der Waals surface area contributed by atoms with Crippen molar-refractivity contribution >= 4 is 22.3 Å². The molecule has 1 N–H and O–H groups in total. The van der Waals surface area contributed by atoms with Crippen LogP contribution >= 0.6 is 0 Å². The summed E-state index contributed by atoms with van der Waals surface area (Å²) in [5.41, 5.74) is 1.15. The maximum absolute atomic E-state index is 13.5. The van der Waals surface area contributed by atoms with Crippen molar-refractivity contribution in [3.63, 3.8) is 0 Å². The Bertz CT molecular complexity index is 802. The Morgan fingerprint density at radius 1 is 0.900 bits per heavy atom. The number of phenols is 1. The van der Waals surface area contributed by atoms with E-state index in [9.17, 15) is 9.50 Å². The molecular weight excluding hydrogens is 257 g/mol. The molecule has 3 rings (SSSR count). The molecule has 98 valence electrons. The van der Waals surface area contributed by atoms with E-state index in [-0.39, 0.29) is 11.4 Å². The smallest absolute Gasteiger partial charge is 0.150 e. The van der Waals surface area contributed by atoms with Gasteiger partial charge in [-0.2, -0.15) is 0 Å². The van der Waals surface area contributed by atoms with Gasteiger partial charge in [0.15, 0.2) is 5.82 Å². The molecule has 20 heavy (non-hydrogen) atoms. The lowest BCUT2D eigenvalue weighted by atomic mass is 10.2. The number of rotatable bonds is 2. The topological polar surface area (TPSA) is 57.8 Å². The average Bonchev–Trinajstić information content (AvgIpc) is 2.48. The van der Waals surface area contributed by atoms with Crippen molar-refractivity contribution in [2.45, 2.75) is 0 Å². The number of pyridine rings is 1. The largest absolute Gasteiger partial charge is 0.507 e. The van der Waals surface area contributed by atoms with Crippen molar-refractivity contribution in [3.05, 3.63) is 60.5 Å². The molecule has 0 aliphatic carbocycles. The zero-order valence-electron chi connectivity index (χ0n) is 10.4. The van der Waals surface area contributed by atoms with Crippen LogP contribution in [0.5, 0.6) is 5.75 Å². The van der Waals surface area contributed by atoms with Crippen LogP contribution < -0.4 is 0 Å². The lowest BCUT2D eigenvalue weighted by Gasteiger charge is -2.02. The van der Waals surface area contributed by atoms with Gasteiger partial charge in [0, 0.05) is 11.6 Å². The van der Waals surface area contributed by atoms with Gasteiger partial charge in [0.1, 0.15) is 22.6 Å². The number of nitrogens with zero attached hydrogens (tertiary/aromatic N) is 3. The number of aromatic hydroxyl groups is 1. The first-order valence-corrected chi connectivity index (χ1v) is 5.98. The van der Waals surface area contributed by atoms with E-state index in [1.807, 2.05) is 0 Å². The van der Waals surface area contributed by atoms with Crippen LogP contribution in [0.3, 0.4) is 0 Å². The molecule has 0 aliphatic heterocycles. The number of halogens is 1. The molecule has 5 heteroatoms. The summed E-state index contributed by atoms with van der Waals surface area (Å²) in [4.78, 5) is 4.17. The molecule has 0 bridgehead atoms. The molecule has 0 unspecified atom stereocenters. The molecule has 0 atom stereocenters. The van der Waals surface area contributed by atoms with Gasteiger partial charge in [0.05, 0.1) is 0 Å². The summed E-state index contributed by atoms with van der Waals surface area (Å²) in [6, 6.07) is 12.7. The van der Waals surface area contributed by atoms with Gasteiger partial charge in [-0.15, -0.1) is 10.2 Å². The number of hydrogen-bond donors (Lipinski definition) is 1. The number of phenolic OH excluding ortho intramolecular Hbond substituents is 1. The van der Waals surface area contributed by atoms with E-state index in [4.69, 9.17) is 0 Å². The highest BCUT2D eigenvalue weighted by molar-refractivity contribution is 5.93. The first-order chi connectivity index (χ1) is 9.75. The second-order valence-corrected chi connectivity index (χ2v) is 4.15. The molecule has 2 aromatic carbocycles. The van der Waals surface area contributed by atoms with Crippen molar-refractivity contribution in [1.82, 2.24) is 4.98 Å². The molecule has 0 radical (unpaired) electrons. The number of aromatic nitrogens is 1. The van der Waals surface area contributed by atoms with Gasteiger partial charge in [0.25, 0.3) is 0 Å². The minimum atomic E-state index is -0.438. The standard InChI is InChI=1S/C15H10FN3O/c16-11-5-1-2-6-12(11)18-19-13-7-8-14(20)10-4-3-9-17-15(10)13/h1-9,20H. The molecule has 1 heterocycles. The molecule has 1 aromatic heterocycles. The van der Waals surface area contributed by atoms with Gasteiger partial charge in [-0.25, -0.2) is 4.39 Å². The van der Waals surface area contributed by atoms with Crippen LogP contribution in [0.25, 0.3) is 10.9 Å². The van der Waals surface area contributed by atoms with Crippen LogP contribution in [0, 0.1) is 5.82 Å². The van der Waals surface area contributed by atoms with Crippen LogP contribution in [0.1, 0.15) is 0 Å². The summed E-state index contributed by atoms with van der Waals surface area (Å²) in [6.45, 7) is 0. The van der Waals surface area contributed by atoms with Crippen molar-refractivity contribution in [2.24, 2.45) is 10.2 Å². The Labute approximate surface area is 114 Å². The van der Waals surface area contributed by atoms with E-state index in [1.54, 1.807) is 36.5 Å². The van der Waals surface area contributed by atoms with E-state index in [1.165, 1.54) is 18.2 Å². The maximum atomic E-state index is 13.5. The monoisotopic (exact) mass is 267 g/mol. The molecule has 0 saturated heterocycles. The number of hydrogen-bond acceptors (Lipinski definition) is 4. The highest BCUT2D eigenvalue weighted by atomic mass is 19.1. The summed E-state index contributed by atoms with van der Waals surface area (Å²) < 4.78 is 13.5. The lowest BCUT2D eigenvalue weighted by Crippen LogP contribution is -1.79. The molecule has 0 aliphatic rings. The third-order valence-corrected chi connectivity index (χ3v) is 2.84. The van der Waals surface area contributed by atoms with Crippen LogP contribution in [0.15, 0.2) is 65.0 Å². The van der Waals surface area contributed by atoms with Crippen LogP contribution in [-0.2, 0) is 0 Å². The highest BCUT2D eigenvalue weighted by Gasteiger charge is 2.06. The third-order valence-electron chi connectivity index (χ3n) is 2.84. The van der Waals surface area contributed by atoms with Gasteiger partial charge in [-0.05, 0) is 36.4 Å². The van der Waals surface area contributed by atoms with E-state index in [0.717, 1.165) is 0 Å². The Hall–Kier alpha value is -2.82. The van der Waals surface area contributed by atoms with E-state index in [0.29, 0.717) is 16.6 Å². The number of azo groups is 1. The lowest BCUT2D eigenvalue weighted by molar-refractivity contribution is 0.481. The van der Waals surface area contributed by atoms with Crippen molar-refractivity contribution in [1.29, 1.82) is 0 Å². The molecule has 0 saturated carbocycles. The molecule has 0 spiro atoms. The first-order valence-electron chi connectivity index (χ1n) is 5.98. The van der Waals surface area contributed by atoms with Crippen LogP contribution in [0.4, 0.5) is 15.8 Å². The predicted molar refractivity (Wildman–Crippen MR) is 74.0 cm³/mol. The van der Waals surface area contributed by atoms with E-state index < -0.39 is 5.82 Å². The Morgan fingerprint density at radius 2 is 1.70 bits per heavy atom. The molecule has 4 nitrogen and oxygen atoms in total. The molecular formula is C15H10FN3O. The second-order valence-electron chi connectivity index (χ2n) is 4.15. The molecule has 0 fully saturated rings. The van der Waals surface area contributed by atoms with Crippen molar-refractivity contribution < 1.29 is 9.50 Å². The van der Waals surface area contributed by atoms with Gasteiger partial charge in [-0.1, -0.05) is 12.1 Å². The first kappa shape index (κ1) is 12.2. The summed E-state index contributed by atoms with van der Waals surface area (Å²) >= 11 is 0. The fourth-order valence-electron chi connectivity index (χ4n) is 1.86. The fraction of sp³-hybridized carbons (Fsp3) is 0. The van der Waals surface area contributed by atoms with Gasteiger partial charge < -0.3 is 5.11 Å². The minimum absolute atomic E-state index is 0.123. The van der Waals surface area contributed by atoms with Crippen LogP contribution in [-0.4, -0.2) is 10.1 Å². The normalized spacial score (nSPS) is 11.2. The number of fused-ring (bicyclic) bond motifs is 1. The SMILES string of the molecule is Oc1ccc(N=Nc2ccccc2F)c2ncccc12. The quantitative estimate of drug-likeness (QED) is 0.695. The van der Waals surface area contributed by atoms with Gasteiger partial charge in [-0.3, -0.25) is 4.98 Å². The molecule has 3 aromatic rings. The average molecular weight is 267 g/mol.